The lowest BCUT2D eigenvalue weighted by Gasteiger charge is -2.32. The molecule has 0 amide bonds. The highest BCUT2D eigenvalue weighted by molar-refractivity contribution is 6.31. The van der Waals surface area contributed by atoms with Crippen LogP contribution < -0.4 is 5.32 Å². The van der Waals surface area contributed by atoms with Crippen molar-refractivity contribution in [2.45, 2.75) is 44.3 Å². The van der Waals surface area contributed by atoms with E-state index in [0.717, 1.165) is 37.5 Å². The maximum atomic E-state index is 10.8. The van der Waals surface area contributed by atoms with Gasteiger partial charge < -0.3 is 10.2 Å². The molecule has 0 spiro atoms. The Labute approximate surface area is 129 Å². The summed E-state index contributed by atoms with van der Waals surface area (Å²) in [7, 11) is 0. The SMILES string of the molecule is O=[N+]([O-])c1ccc(Cl)c(CNC2CCN(C3CC3)CC2)c1. The second-order valence-corrected chi connectivity index (χ2v) is 6.36. The van der Waals surface area contributed by atoms with E-state index in [1.54, 1.807) is 12.1 Å². The Morgan fingerprint density at radius 3 is 2.62 bits per heavy atom. The van der Waals surface area contributed by atoms with Gasteiger partial charge in [-0.1, -0.05) is 11.6 Å². The summed E-state index contributed by atoms with van der Waals surface area (Å²) in [6, 6.07) is 5.94. The predicted molar refractivity (Wildman–Crippen MR) is 82.6 cm³/mol. The molecule has 0 atom stereocenters. The fourth-order valence-corrected chi connectivity index (χ4v) is 3.16. The summed E-state index contributed by atoms with van der Waals surface area (Å²) in [5.41, 5.74) is 0.898. The number of piperidine rings is 1. The van der Waals surface area contributed by atoms with Crippen molar-refractivity contribution >= 4 is 17.3 Å². The number of halogens is 1. The molecule has 1 saturated heterocycles. The normalized spacial score (nSPS) is 20.6. The minimum atomic E-state index is -0.381. The quantitative estimate of drug-likeness (QED) is 0.671. The lowest BCUT2D eigenvalue weighted by molar-refractivity contribution is -0.384. The number of hydrogen-bond donors (Lipinski definition) is 1. The van der Waals surface area contributed by atoms with Crippen LogP contribution in [0, 0.1) is 10.1 Å². The summed E-state index contributed by atoms with van der Waals surface area (Å²) in [6.07, 6.45) is 5.01. The zero-order valence-electron chi connectivity index (χ0n) is 11.9. The van der Waals surface area contributed by atoms with Crippen LogP contribution in [-0.2, 0) is 6.54 Å². The van der Waals surface area contributed by atoms with Gasteiger partial charge in [-0.2, -0.15) is 0 Å². The van der Waals surface area contributed by atoms with Gasteiger partial charge in [0.1, 0.15) is 0 Å². The third-order valence-electron chi connectivity index (χ3n) is 4.41. The molecule has 1 N–H and O–H groups in total. The highest BCUT2D eigenvalue weighted by Gasteiger charge is 2.31. The Bertz CT molecular complexity index is 526. The van der Waals surface area contributed by atoms with Crippen LogP contribution >= 0.6 is 11.6 Å². The summed E-state index contributed by atoms with van der Waals surface area (Å²) in [5, 5.41) is 14.9. The molecule has 1 aliphatic carbocycles. The summed E-state index contributed by atoms with van der Waals surface area (Å²) in [5.74, 6) is 0. The smallest absolute Gasteiger partial charge is 0.269 e. The molecule has 0 unspecified atom stereocenters. The van der Waals surface area contributed by atoms with Gasteiger partial charge in [-0.3, -0.25) is 10.1 Å². The maximum Gasteiger partial charge on any atom is 0.269 e. The van der Waals surface area contributed by atoms with Gasteiger partial charge in [0.2, 0.25) is 0 Å². The molecule has 1 heterocycles. The Morgan fingerprint density at radius 2 is 2.00 bits per heavy atom. The third kappa shape index (κ3) is 3.73. The number of rotatable bonds is 5. The molecular formula is C15H20ClN3O2. The van der Waals surface area contributed by atoms with Gasteiger partial charge in [0.15, 0.2) is 0 Å². The van der Waals surface area contributed by atoms with Crippen LogP contribution in [0.2, 0.25) is 5.02 Å². The first-order valence-corrected chi connectivity index (χ1v) is 7.91. The standard InChI is InChI=1S/C15H20ClN3O2/c16-15-4-3-14(19(20)21)9-11(15)10-17-12-5-7-18(8-6-12)13-1-2-13/h3-4,9,12-13,17H,1-2,5-8,10H2. The van der Waals surface area contributed by atoms with E-state index in [0.29, 0.717) is 17.6 Å². The minimum absolute atomic E-state index is 0.0970. The van der Waals surface area contributed by atoms with Crippen molar-refractivity contribution in [2.75, 3.05) is 13.1 Å². The van der Waals surface area contributed by atoms with Crippen LogP contribution in [0.5, 0.6) is 0 Å². The summed E-state index contributed by atoms with van der Waals surface area (Å²) in [4.78, 5) is 13.0. The van der Waals surface area contributed by atoms with Crippen LogP contribution in [0.15, 0.2) is 18.2 Å². The van der Waals surface area contributed by atoms with Crippen molar-refractivity contribution in [3.8, 4) is 0 Å². The average molecular weight is 310 g/mol. The van der Waals surface area contributed by atoms with Gasteiger partial charge in [-0.05, 0) is 50.4 Å². The molecule has 2 fully saturated rings. The molecule has 1 aromatic rings. The second kappa shape index (κ2) is 6.30. The van der Waals surface area contributed by atoms with Gasteiger partial charge in [-0.15, -0.1) is 0 Å². The molecule has 2 aliphatic rings. The molecule has 6 heteroatoms. The van der Waals surface area contributed by atoms with E-state index < -0.39 is 0 Å². The van der Waals surface area contributed by atoms with Gasteiger partial charge in [0.05, 0.1) is 4.92 Å². The number of nitrogens with zero attached hydrogens (tertiary/aromatic N) is 2. The molecule has 1 aromatic carbocycles. The minimum Gasteiger partial charge on any atom is -0.310 e. The Kier molecular flexibility index (Phi) is 4.42. The first-order valence-electron chi connectivity index (χ1n) is 7.54. The number of nitro groups is 1. The Morgan fingerprint density at radius 1 is 1.29 bits per heavy atom. The predicted octanol–water partition coefficient (Wildman–Crippen LogP) is 2.96. The van der Waals surface area contributed by atoms with Crippen molar-refractivity contribution in [2.24, 2.45) is 0 Å². The first kappa shape index (κ1) is 14.8. The second-order valence-electron chi connectivity index (χ2n) is 5.96. The molecule has 1 saturated carbocycles. The van der Waals surface area contributed by atoms with Crippen LogP contribution in [0.25, 0.3) is 0 Å². The first-order chi connectivity index (χ1) is 10.1. The van der Waals surface area contributed by atoms with E-state index in [9.17, 15) is 10.1 Å². The average Bonchev–Trinajstić information content (AvgIpc) is 3.31. The van der Waals surface area contributed by atoms with Gasteiger partial charge in [0, 0.05) is 35.8 Å². The molecular weight excluding hydrogens is 290 g/mol. The molecule has 3 rings (SSSR count). The van der Waals surface area contributed by atoms with Crippen LogP contribution in [0.1, 0.15) is 31.2 Å². The molecule has 21 heavy (non-hydrogen) atoms. The monoisotopic (exact) mass is 309 g/mol. The zero-order valence-corrected chi connectivity index (χ0v) is 12.7. The highest BCUT2D eigenvalue weighted by Crippen LogP contribution is 2.29. The number of hydrogen-bond acceptors (Lipinski definition) is 4. The van der Waals surface area contributed by atoms with E-state index in [4.69, 9.17) is 11.6 Å². The third-order valence-corrected chi connectivity index (χ3v) is 4.78. The molecule has 0 bridgehead atoms. The largest absolute Gasteiger partial charge is 0.310 e. The summed E-state index contributed by atoms with van der Waals surface area (Å²) < 4.78 is 0. The number of benzene rings is 1. The van der Waals surface area contributed by atoms with Crippen LogP contribution in [0.4, 0.5) is 5.69 Å². The zero-order chi connectivity index (χ0) is 14.8. The topological polar surface area (TPSA) is 58.4 Å². The lowest BCUT2D eigenvalue weighted by atomic mass is 10.0. The van der Waals surface area contributed by atoms with Crippen molar-refractivity contribution < 1.29 is 4.92 Å². The Balaban J connectivity index is 1.53. The summed E-state index contributed by atoms with van der Waals surface area (Å²) >= 11 is 6.12. The number of nitro benzene ring substituents is 1. The molecule has 0 aromatic heterocycles. The number of likely N-dealkylation sites (tertiary alicyclic amines) is 1. The molecule has 5 nitrogen and oxygen atoms in total. The van der Waals surface area contributed by atoms with Crippen LogP contribution in [-0.4, -0.2) is 35.0 Å². The van der Waals surface area contributed by atoms with E-state index in [1.807, 2.05) is 0 Å². The highest BCUT2D eigenvalue weighted by atomic mass is 35.5. The fourth-order valence-electron chi connectivity index (χ4n) is 2.97. The van der Waals surface area contributed by atoms with Crippen molar-refractivity contribution in [3.05, 3.63) is 38.9 Å². The van der Waals surface area contributed by atoms with Gasteiger partial charge in [0.25, 0.3) is 5.69 Å². The Hall–Kier alpha value is -1.17. The fraction of sp³-hybridized carbons (Fsp3) is 0.600. The van der Waals surface area contributed by atoms with Crippen molar-refractivity contribution in [1.29, 1.82) is 0 Å². The van der Waals surface area contributed by atoms with E-state index in [1.165, 1.54) is 18.9 Å². The molecule has 114 valence electrons. The lowest BCUT2D eigenvalue weighted by Crippen LogP contribution is -2.43. The molecule has 0 radical (unpaired) electrons. The summed E-state index contributed by atoms with van der Waals surface area (Å²) in [6.45, 7) is 2.91. The maximum absolute atomic E-state index is 10.8. The van der Waals surface area contributed by atoms with Crippen molar-refractivity contribution in [1.82, 2.24) is 10.2 Å². The van der Waals surface area contributed by atoms with Crippen LogP contribution in [0.3, 0.4) is 0 Å². The van der Waals surface area contributed by atoms with Gasteiger partial charge in [-0.25, -0.2) is 0 Å². The number of non-ortho nitro benzene ring substituents is 1. The number of nitrogens with one attached hydrogen (secondary N) is 1. The van der Waals surface area contributed by atoms with Gasteiger partial charge >= 0.3 is 0 Å². The molecule has 1 aliphatic heterocycles. The van der Waals surface area contributed by atoms with E-state index in [2.05, 4.69) is 10.2 Å². The van der Waals surface area contributed by atoms with E-state index in [-0.39, 0.29) is 10.6 Å². The van der Waals surface area contributed by atoms with Crippen molar-refractivity contribution in [3.63, 3.8) is 0 Å². The van der Waals surface area contributed by atoms with E-state index >= 15 is 0 Å².